The molecule has 0 saturated heterocycles. The topological polar surface area (TPSA) is 71.8 Å². The van der Waals surface area contributed by atoms with E-state index < -0.39 is 0 Å². The van der Waals surface area contributed by atoms with Crippen molar-refractivity contribution in [2.45, 2.75) is 32.4 Å². The zero-order valence-corrected chi connectivity index (χ0v) is 13.6. The maximum atomic E-state index is 12.0. The molecule has 7 heteroatoms. The summed E-state index contributed by atoms with van der Waals surface area (Å²) in [4.78, 5) is 12.0. The maximum absolute atomic E-state index is 12.0. The van der Waals surface area contributed by atoms with Crippen molar-refractivity contribution in [3.8, 4) is 0 Å². The van der Waals surface area contributed by atoms with Crippen LogP contribution in [0.2, 0.25) is 5.02 Å². The van der Waals surface area contributed by atoms with Crippen molar-refractivity contribution in [2.24, 2.45) is 7.05 Å². The van der Waals surface area contributed by atoms with Gasteiger partial charge >= 0.3 is 6.03 Å². The van der Waals surface area contributed by atoms with Crippen molar-refractivity contribution >= 4 is 17.6 Å². The highest BCUT2D eigenvalue weighted by Crippen LogP contribution is 2.11. The number of urea groups is 1. The van der Waals surface area contributed by atoms with E-state index in [0.29, 0.717) is 10.8 Å². The fourth-order valence-electron chi connectivity index (χ4n) is 2.24. The third kappa shape index (κ3) is 4.46. The summed E-state index contributed by atoms with van der Waals surface area (Å²) < 4.78 is 1.78. The highest BCUT2D eigenvalue weighted by atomic mass is 35.5. The van der Waals surface area contributed by atoms with Crippen LogP contribution in [0.5, 0.6) is 0 Å². The van der Waals surface area contributed by atoms with E-state index in [1.54, 1.807) is 10.9 Å². The number of amides is 2. The van der Waals surface area contributed by atoms with Crippen molar-refractivity contribution in [3.05, 3.63) is 47.0 Å². The standard InChI is InChI=1S/C15H20ClN5O/c1-10(8-12-4-6-13(16)7-5-12)18-15(22)19-11(2)14-20-17-9-21(14)3/h4-7,9-11H,8H2,1-3H3,(H2,18,19,22)/t10-,11-/m1/s1. The lowest BCUT2D eigenvalue weighted by Gasteiger charge is -2.18. The van der Waals surface area contributed by atoms with Gasteiger partial charge in [0.15, 0.2) is 5.82 Å². The molecule has 6 nitrogen and oxygen atoms in total. The molecule has 0 aliphatic heterocycles. The summed E-state index contributed by atoms with van der Waals surface area (Å²) in [6.45, 7) is 3.83. The number of hydrogen-bond acceptors (Lipinski definition) is 3. The molecular formula is C15H20ClN5O. The highest BCUT2D eigenvalue weighted by molar-refractivity contribution is 6.30. The van der Waals surface area contributed by atoms with E-state index in [0.717, 1.165) is 12.0 Å². The number of carbonyl (C=O) groups excluding carboxylic acids is 1. The monoisotopic (exact) mass is 321 g/mol. The van der Waals surface area contributed by atoms with Crippen LogP contribution < -0.4 is 10.6 Å². The van der Waals surface area contributed by atoms with Crippen LogP contribution in [-0.2, 0) is 13.5 Å². The predicted octanol–water partition coefficient (Wildman–Crippen LogP) is 2.46. The number of benzene rings is 1. The summed E-state index contributed by atoms with van der Waals surface area (Å²) in [7, 11) is 1.84. The van der Waals surface area contributed by atoms with Crippen LogP contribution in [0.3, 0.4) is 0 Å². The lowest BCUT2D eigenvalue weighted by molar-refractivity contribution is 0.234. The zero-order chi connectivity index (χ0) is 16.1. The molecule has 2 atom stereocenters. The van der Waals surface area contributed by atoms with Crippen LogP contribution in [-0.4, -0.2) is 26.8 Å². The zero-order valence-electron chi connectivity index (χ0n) is 12.9. The molecule has 0 spiro atoms. The molecule has 0 radical (unpaired) electrons. The molecule has 0 unspecified atom stereocenters. The minimum absolute atomic E-state index is 0.00729. The van der Waals surface area contributed by atoms with Gasteiger partial charge in [-0.05, 0) is 38.0 Å². The minimum atomic E-state index is -0.225. The summed E-state index contributed by atoms with van der Waals surface area (Å²) in [6.07, 6.45) is 2.34. The Morgan fingerprint density at radius 1 is 1.27 bits per heavy atom. The minimum Gasteiger partial charge on any atom is -0.335 e. The predicted molar refractivity (Wildman–Crippen MR) is 85.7 cm³/mol. The third-order valence-electron chi connectivity index (χ3n) is 3.31. The molecule has 0 fully saturated rings. The SMILES string of the molecule is C[C@H](Cc1ccc(Cl)cc1)NC(=O)N[C@H](C)c1nncn1C. The van der Waals surface area contributed by atoms with Crippen LogP contribution in [0.1, 0.15) is 31.3 Å². The van der Waals surface area contributed by atoms with Crippen molar-refractivity contribution < 1.29 is 4.79 Å². The van der Waals surface area contributed by atoms with Gasteiger partial charge in [-0.1, -0.05) is 23.7 Å². The lowest BCUT2D eigenvalue weighted by Crippen LogP contribution is -2.43. The van der Waals surface area contributed by atoms with E-state index in [-0.39, 0.29) is 18.1 Å². The van der Waals surface area contributed by atoms with Crippen molar-refractivity contribution in [2.75, 3.05) is 0 Å². The van der Waals surface area contributed by atoms with Crippen LogP contribution in [0, 0.1) is 0 Å². The van der Waals surface area contributed by atoms with Gasteiger partial charge in [0.1, 0.15) is 6.33 Å². The van der Waals surface area contributed by atoms with Gasteiger partial charge in [0.05, 0.1) is 6.04 Å². The molecule has 22 heavy (non-hydrogen) atoms. The molecule has 0 saturated carbocycles. The molecule has 2 amide bonds. The van der Waals surface area contributed by atoms with Gasteiger partial charge in [-0.3, -0.25) is 0 Å². The Labute approximate surface area is 134 Å². The number of hydrogen-bond donors (Lipinski definition) is 2. The molecule has 1 aromatic heterocycles. The number of carbonyl (C=O) groups is 1. The maximum Gasteiger partial charge on any atom is 0.315 e. The Kier molecular flexibility index (Phi) is 5.38. The van der Waals surface area contributed by atoms with Gasteiger partial charge in [-0.2, -0.15) is 0 Å². The Bertz CT molecular complexity index is 625. The molecule has 1 heterocycles. The van der Waals surface area contributed by atoms with Gasteiger partial charge < -0.3 is 15.2 Å². The van der Waals surface area contributed by atoms with Crippen LogP contribution >= 0.6 is 11.6 Å². The Morgan fingerprint density at radius 2 is 1.95 bits per heavy atom. The number of halogens is 1. The number of rotatable bonds is 5. The molecule has 0 aliphatic carbocycles. The third-order valence-corrected chi connectivity index (χ3v) is 3.57. The molecule has 2 N–H and O–H groups in total. The molecule has 118 valence electrons. The second kappa shape index (κ2) is 7.26. The smallest absolute Gasteiger partial charge is 0.315 e. The molecule has 2 rings (SSSR count). The van der Waals surface area contributed by atoms with Gasteiger partial charge in [-0.25, -0.2) is 4.79 Å². The van der Waals surface area contributed by atoms with Crippen molar-refractivity contribution in [3.63, 3.8) is 0 Å². The highest BCUT2D eigenvalue weighted by Gasteiger charge is 2.15. The van der Waals surface area contributed by atoms with Gasteiger partial charge in [0.25, 0.3) is 0 Å². The summed E-state index contributed by atoms with van der Waals surface area (Å²) in [6, 6.07) is 7.18. The van der Waals surface area contributed by atoms with Crippen molar-refractivity contribution in [1.29, 1.82) is 0 Å². The van der Waals surface area contributed by atoms with Crippen molar-refractivity contribution in [1.82, 2.24) is 25.4 Å². The molecule has 0 aliphatic rings. The quantitative estimate of drug-likeness (QED) is 0.888. The van der Waals surface area contributed by atoms with E-state index in [1.165, 1.54) is 0 Å². The fraction of sp³-hybridized carbons (Fsp3) is 0.400. The van der Waals surface area contributed by atoms with Crippen LogP contribution in [0.15, 0.2) is 30.6 Å². The van der Waals surface area contributed by atoms with Crippen LogP contribution in [0.4, 0.5) is 4.79 Å². The van der Waals surface area contributed by atoms with E-state index in [1.807, 2.05) is 45.2 Å². The first-order valence-corrected chi connectivity index (χ1v) is 7.49. The Hall–Kier alpha value is -2.08. The number of aromatic nitrogens is 3. The first-order valence-electron chi connectivity index (χ1n) is 7.11. The molecule has 2 aromatic rings. The van der Waals surface area contributed by atoms with E-state index in [9.17, 15) is 4.79 Å². The molecular weight excluding hydrogens is 302 g/mol. The van der Waals surface area contributed by atoms with Gasteiger partial charge in [-0.15, -0.1) is 10.2 Å². The first kappa shape index (κ1) is 16.3. The number of nitrogens with zero attached hydrogens (tertiary/aromatic N) is 3. The normalized spacial score (nSPS) is 13.5. The van der Waals surface area contributed by atoms with E-state index >= 15 is 0 Å². The number of nitrogens with one attached hydrogen (secondary N) is 2. The first-order chi connectivity index (χ1) is 10.5. The average Bonchev–Trinajstić information content (AvgIpc) is 2.87. The van der Waals surface area contributed by atoms with E-state index in [4.69, 9.17) is 11.6 Å². The fourth-order valence-corrected chi connectivity index (χ4v) is 2.36. The summed E-state index contributed by atoms with van der Waals surface area (Å²) in [5.74, 6) is 0.709. The van der Waals surface area contributed by atoms with Crippen LogP contribution in [0.25, 0.3) is 0 Å². The summed E-state index contributed by atoms with van der Waals surface area (Å²) >= 11 is 5.86. The van der Waals surface area contributed by atoms with Gasteiger partial charge in [0, 0.05) is 18.1 Å². The van der Waals surface area contributed by atoms with E-state index in [2.05, 4.69) is 20.8 Å². The average molecular weight is 322 g/mol. The Balaban J connectivity index is 1.83. The van der Waals surface area contributed by atoms with Gasteiger partial charge in [0.2, 0.25) is 0 Å². The molecule has 0 bridgehead atoms. The molecule has 1 aromatic carbocycles. The summed E-state index contributed by atoms with van der Waals surface area (Å²) in [5, 5.41) is 14.3. The second-order valence-corrected chi connectivity index (χ2v) is 5.81. The second-order valence-electron chi connectivity index (χ2n) is 5.37. The largest absolute Gasteiger partial charge is 0.335 e. The lowest BCUT2D eigenvalue weighted by atomic mass is 10.1. The number of aryl methyl sites for hydroxylation is 1. The summed E-state index contributed by atoms with van der Waals surface area (Å²) in [5.41, 5.74) is 1.12. The Morgan fingerprint density at radius 3 is 2.55 bits per heavy atom.